The summed E-state index contributed by atoms with van der Waals surface area (Å²) < 4.78 is 64.7. The van der Waals surface area contributed by atoms with Crippen LogP contribution in [0, 0.1) is 13.8 Å². The van der Waals surface area contributed by atoms with Crippen LogP contribution in [-0.4, -0.2) is 31.0 Å². The first-order valence-corrected chi connectivity index (χ1v) is 11.0. The second-order valence-corrected chi connectivity index (χ2v) is 9.26. The van der Waals surface area contributed by atoms with Crippen LogP contribution in [0.2, 0.25) is 0 Å². The second kappa shape index (κ2) is 7.19. The molecule has 0 aliphatic rings. The predicted molar refractivity (Wildman–Crippen MR) is 105 cm³/mol. The van der Waals surface area contributed by atoms with Crippen LogP contribution < -0.4 is 0 Å². The minimum absolute atomic E-state index is 0.0000715. The van der Waals surface area contributed by atoms with Gasteiger partial charge in [-0.2, -0.15) is 21.9 Å². The molecule has 11 heteroatoms. The molecule has 0 aliphatic heterocycles. The van der Waals surface area contributed by atoms with Crippen molar-refractivity contribution in [2.75, 3.05) is 0 Å². The Morgan fingerprint density at radius 1 is 0.793 bits per heavy atom. The molecule has 0 amide bonds. The quantitative estimate of drug-likeness (QED) is 0.411. The number of fused-ring (bicyclic) bond motifs is 1. The molecule has 0 bridgehead atoms. The van der Waals surface area contributed by atoms with Gasteiger partial charge in [-0.3, -0.25) is 9.11 Å². The van der Waals surface area contributed by atoms with Crippen molar-refractivity contribution in [1.29, 1.82) is 0 Å². The summed E-state index contributed by atoms with van der Waals surface area (Å²) in [4.78, 5) is -1.36. The Balaban J connectivity index is 2.31. The molecular weight excluding hydrogens is 420 g/mol. The third-order valence-corrected chi connectivity index (χ3v) is 5.79. The molecule has 0 saturated carbocycles. The van der Waals surface area contributed by atoms with Gasteiger partial charge in [0.2, 0.25) is 0 Å². The van der Waals surface area contributed by atoms with Crippen molar-refractivity contribution in [2.45, 2.75) is 23.6 Å². The summed E-state index contributed by atoms with van der Waals surface area (Å²) in [5, 5.41) is 18.5. The molecule has 0 radical (unpaired) electrons. The Hall–Kier alpha value is -2.86. The molecular formula is C18H16N2O7S2. The number of phenols is 1. The third kappa shape index (κ3) is 4.43. The van der Waals surface area contributed by atoms with Crippen LogP contribution in [0.4, 0.5) is 11.4 Å². The van der Waals surface area contributed by atoms with E-state index in [1.807, 2.05) is 19.9 Å². The smallest absolute Gasteiger partial charge is 0.298 e. The van der Waals surface area contributed by atoms with E-state index in [2.05, 4.69) is 10.2 Å². The summed E-state index contributed by atoms with van der Waals surface area (Å²) >= 11 is 0. The minimum atomic E-state index is -4.86. The van der Waals surface area contributed by atoms with Gasteiger partial charge >= 0.3 is 0 Å². The Morgan fingerprint density at radius 2 is 1.41 bits per heavy atom. The number of nitrogens with zero attached hydrogens (tertiary/aromatic N) is 2. The van der Waals surface area contributed by atoms with Gasteiger partial charge in [-0.1, -0.05) is 12.1 Å². The highest BCUT2D eigenvalue weighted by molar-refractivity contribution is 7.86. The summed E-state index contributed by atoms with van der Waals surface area (Å²) in [7, 11) is -9.41. The molecule has 9 nitrogen and oxygen atoms in total. The van der Waals surface area contributed by atoms with E-state index in [1.54, 1.807) is 12.1 Å². The monoisotopic (exact) mass is 436 g/mol. The summed E-state index contributed by atoms with van der Waals surface area (Å²) in [5.74, 6) is -0.840. The molecule has 0 saturated heterocycles. The van der Waals surface area contributed by atoms with Crippen LogP contribution in [0.3, 0.4) is 0 Å². The van der Waals surface area contributed by atoms with Crippen LogP contribution in [0.15, 0.2) is 62.5 Å². The van der Waals surface area contributed by atoms with Crippen LogP contribution in [-0.2, 0) is 20.2 Å². The first-order chi connectivity index (χ1) is 13.4. The highest BCUT2D eigenvalue weighted by Crippen LogP contribution is 2.42. The molecule has 0 aromatic heterocycles. The zero-order valence-electron chi connectivity index (χ0n) is 15.2. The highest BCUT2D eigenvalue weighted by Gasteiger charge is 2.22. The number of phenolic OH excluding ortho intramolecular Hbond substituents is 1. The topological polar surface area (TPSA) is 154 Å². The molecule has 0 atom stereocenters. The average Bonchev–Trinajstić information content (AvgIpc) is 2.57. The van der Waals surface area contributed by atoms with Gasteiger partial charge in [-0.25, -0.2) is 0 Å². The number of azo groups is 1. The van der Waals surface area contributed by atoms with E-state index in [1.165, 1.54) is 6.07 Å². The third-order valence-electron chi connectivity index (χ3n) is 4.07. The Labute approximate surface area is 166 Å². The lowest BCUT2D eigenvalue weighted by Gasteiger charge is -2.09. The van der Waals surface area contributed by atoms with Gasteiger partial charge in [0.25, 0.3) is 20.2 Å². The van der Waals surface area contributed by atoms with Gasteiger partial charge in [-0.05, 0) is 60.7 Å². The molecule has 3 aromatic carbocycles. The van der Waals surface area contributed by atoms with E-state index < -0.39 is 35.8 Å². The maximum Gasteiger partial charge on any atom is 0.298 e. The SMILES string of the molecule is Cc1cc(C)cc(N=Nc2c(O)c(S(=O)(=O)O)cc3cc(S(=O)(=O)O)ccc23)c1. The number of aryl methyl sites for hydroxylation is 2. The van der Waals surface area contributed by atoms with Crippen LogP contribution >= 0.6 is 0 Å². The van der Waals surface area contributed by atoms with Crippen molar-refractivity contribution < 1.29 is 31.0 Å². The molecule has 0 aliphatic carbocycles. The second-order valence-electron chi connectivity index (χ2n) is 6.45. The Bertz CT molecular complexity index is 1360. The first kappa shape index (κ1) is 20.9. The lowest BCUT2D eigenvalue weighted by Crippen LogP contribution is -2.00. The molecule has 0 fully saturated rings. The van der Waals surface area contributed by atoms with Crippen molar-refractivity contribution in [3.63, 3.8) is 0 Å². The summed E-state index contributed by atoms with van der Waals surface area (Å²) in [5.41, 5.74) is 1.99. The van der Waals surface area contributed by atoms with Gasteiger partial charge in [0.05, 0.1) is 10.6 Å². The van der Waals surface area contributed by atoms with E-state index in [9.17, 15) is 31.0 Å². The lowest BCUT2D eigenvalue weighted by molar-refractivity contribution is 0.445. The van der Waals surface area contributed by atoms with E-state index >= 15 is 0 Å². The van der Waals surface area contributed by atoms with Crippen molar-refractivity contribution >= 4 is 42.4 Å². The average molecular weight is 436 g/mol. The maximum atomic E-state index is 11.7. The number of hydrogen-bond acceptors (Lipinski definition) is 7. The zero-order valence-corrected chi connectivity index (χ0v) is 16.9. The normalized spacial score (nSPS) is 12.7. The van der Waals surface area contributed by atoms with Crippen LogP contribution in [0.5, 0.6) is 5.75 Å². The first-order valence-electron chi connectivity index (χ1n) is 8.11. The van der Waals surface area contributed by atoms with Gasteiger partial charge in [-0.15, -0.1) is 5.11 Å². The number of rotatable bonds is 4. The summed E-state index contributed by atoms with van der Waals surface area (Å²) in [6.07, 6.45) is 0. The summed E-state index contributed by atoms with van der Waals surface area (Å²) in [6, 6.07) is 9.54. The molecule has 3 aromatic rings. The van der Waals surface area contributed by atoms with Gasteiger partial charge in [0.1, 0.15) is 10.6 Å². The fraction of sp³-hybridized carbons (Fsp3) is 0.111. The number of hydrogen-bond donors (Lipinski definition) is 3. The van der Waals surface area contributed by atoms with E-state index in [0.29, 0.717) is 5.69 Å². The van der Waals surface area contributed by atoms with Crippen molar-refractivity contribution in [2.24, 2.45) is 10.2 Å². The molecule has 0 spiro atoms. The molecule has 3 N–H and O–H groups in total. The summed E-state index contributed by atoms with van der Waals surface area (Å²) in [6.45, 7) is 3.71. The fourth-order valence-electron chi connectivity index (χ4n) is 2.90. The largest absolute Gasteiger partial charge is 0.504 e. The lowest BCUT2D eigenvalue weighted by atomic mass is 10.1. The van der Waals surface area contributed by atoms with Crippen LogP contribution in [0.25, 0.3) is 10.8 Å². The van der Waals surface area contributed by atoms with Gasteiger partial charge < -0.3 is 5.11 Å². The van der Waals surface area contributed by atoms with Crippen molar-refractivity contribution in [1.82, 2.24) is 0 Å². The standard InChI is InChI=1S/C18H16N2O7S2/c1-10-5-11(2)7-13(6-10)19-20-17-15-4-3-14(28(22,23)24)8-12(15)9-16(18(17)21)29(25,26)27/h3-9,21H,1-2H3,(H,22,23,24)(H,25,26,27). The maximum absolute atomic E-state index is 11.7. The van der Waals surface area contributed by atoms with E-state index in [0.717, 1.165) is 29.3 Å². The van der Waals surface area contributed by atoms with Gasteiger partial charge in [0, 0.05) is 5.39 Å². The number of benzene rings is 3. The highest BCUT2D eigenvalue weighted by atomic mass is 32.2. The molecule has 3 rings (SSSR count). The van der Waals surface area contributed by atoms with E-state index in [-0.39, 0.29) is 16.5 Å². The minimum Gasteiger partial charge on any atom is -0.504 e. The van der Waals surface area contributed by atoms with Gasteiger partial charge in [0.15, 0.2) is 5.75 Å². The van der Waals surface area contributed by atoms with Crippen molar-refractivity contribution in [3.8, 4) is 5.75 Å². The fourth-order valence-corrected chi connectivity index (χ4v) is 4.04. The molecule has 152 valence electrons. The zero-order chi connectivity index (χ0) is 21.6. The van der Waals surface area contributed by atoms with Crippen molar-refractivity contribution in [3.05, 3.63) is 53.6 Å². The molecule has 0 heterocycles. The van der Waals surface area contributed by atoms with Crippen LogP contribution in [0.1, 0.15) is 11.1 Å². The molecule has 0 unspecified atom stereocenters. The van der Waals surface area contributed by atoms with E-state index in [4.69, 9.17) is 0 Å². The Kier molecular flexibility index (Phi) is 5.17. The number of aromatic hydroxyl groups is 1. The predicted octanol–water partition coefficient (Wildman–Crippen LogP) is 4.07. The molecule has 29 heavy (non-hydrogen) atoms. The Morgan fingerprint density at radius 3 is 1.97 bits per heavy atom.